The number of aromatic nitrogens is 2. The van der Waals surface area contributed by atoms with E-state index in [0.717, 1.165) is 17.5 Å². The highest BCUT2D eigenvalue weighted by atomic mass is 14.8. The smallest absolute Gasteiger partial charge is 0.0890 e. The summed E-state index contributed by atoms with van der Waals surface area (Å²) in [4.78, 5) is 9.42. The molecule has 0 amide bonds. The van der Waals surface area contributed by atoms with Crippen molar-refractivity contribution in [3.05, 3.63) is 35.7 Å². The quantitative estimate of drug-likeness (QED) is 0.623. The Morgan fingerprint density at radius 2 is 1.40 bits per heavy atom. The number of benzene rings is 1. The first kappa shape index (κ1) is 18.6. The third-order valence-electron chi connectivity index (χ3n) is 3.47. The van der Waals surface area contributed by atoms with Gasteiger partial charge in [-0.25, -0.2) is 9.97 Å². The number of para-hydroxylation sites is 2. The summed E-state index contributed by atoms with van der Waals surface area (Å²) in [5.74, 6) is 1.23. The zero-order valence-electron chi connectivity index (χ0n) is 13.1. The molecule has 20 heavy (non-hydrogen) atoms. The Morgan fingerprint density at radius 3 is 1.95 bits per heavy atom. The van der Waals surface area contributed by atoms with Gasteiger partial charge in [0.05, 0.1) is 22.4 Å². The van der Waals surface area contributed by atoms with Gasteiger partial charge in [-0.3, -0.25) is 0 Å². The zero-order valence-corrected chi connectivity index (χ0v) is 13.1. The predicted octanol–water partition coefficient (Wildman–Crippen LogP) is 5.61. The Kier molecular flexibility index (Phi) is 8.05. The van der Waals surface area contributed by atoms with Crippen LogP contribution in [0.5, 0.6) is 0 Å². The zero-order chi connectivity index (χ0) is 14.4. The molecule has 1 aromatic carbocycles. The Bertz CT molecular complexity index is 520. The lowest BCUT2D eigenvalue weighted by Gasteiger charge is -2.07. The van der Waals surface area contributed by atoms with Crippen molar-refractivity contribution in [1.29, 1.82) is 0 Å². The molecule has 2 aromatic rings. The molecule has 1 aliphatic rings. The fourth-order valence-electron chi connectivity index (χ4n) is 2.32. The van der Waals surface area contributed by atoms with Gasteiger partial charge in [0.15, 0.2) is 0 Å². The van der Waals surface area contributed by atoms with Crippen LogP contribution in [0.4, 0.5) is 0 Å². The van der Waals surface area contributed by atoms with Gasteiger partial charge in [0.1, 0.15) is 0 Å². The molecule has 0 saturated carbocycles. The maximum absolute atomic E-state index is 4.72. The molecule has 0 saturated heterocycles. The normalized spacial score (nSPS) is 18.9. The van der Waals surface area contributed by atoms with Crippen molar-refractivity contribution in [3.8, 4) is 0 Å². The van der Waals surface area contributed by atoms with Crippen molar-refractivity contribution < 1.29 is 0 Å². The van der Waals surface area contributed by atoms with Gasteiger partial charge in [-0.15, -0.1) is 0 Å². The van der Waals surface area contributed by atoms with Gasteiger partial charge in [0.2, 0.25) is 0 Å². The highest BCUT2D eigenvalue weighted by molar-refractivity contribution is 5.74. The molecule has 112 valence electrons. The molecule has 0 bridgehead atoms. The monoisotopic (exact) mass is 274 g/mol. The van der Waals surface area contributed by atoms with E-state index in [9.17, 15) is 0 Å². The number of hydrogen-bond donors (Lipinski definition) is 0. The largest absolute Gasteiger partial charge is 0.249 e. The summed E-state index contributed by atoms with van der Waals surface area (Å²) in [6.07, 6.45) is 1.08. The summed E-state index contributed by atoms with van der Waals surface area (Å²) in [6, 6.07) is 8.12. The molecule has 2 heteroatoms. The van der Waals surface area contributed by atoms with Crippen LogP contribution in [0.15, 0.2) is 24.3 Å². The van der Waals surface area contributed by atoms with Gasteiger partial charge in [-0.1, -0.05) is 61.1 Å². The first-order valence-corrected chi connectivity index (χ1v) is 7.51. The molecular weight excluding hydrogens is 244 g/mol. The maximum atomic E-state index is 4.72. The molecule has 0 N–H and O–H groups in total. The minimum absolute atomic E-state index is 0. The highest BCUT2D eigenvalue weighted by Crippen LogP contribution is 2.35. The average Bonchev–Trinajstić information content (AvgIpc) is 2.76. The first-order valence-electron chi connectivity index (χ1n) is 7.51. The summed E-state index contributed by atoms with van der Waals surface area (Å²) < 4.78 is 0. The molecule has 0 radical (unpaired) electrons. The standard InChI is InChI=1S/C13H14N2.2C2H6.CH4/c1-8-7-12-13(9(8)2)15-11-6-4-3-5-10(11)14-12;2*1-2;/h3-6,8-9H,7H2,1-2H3;2*1-2H3;1H4/t8-,9-;;;/m0.../s1. The lowest BCUT2D eigenvalue weighted by molar-refractivity contribution is 0.525. The van der Waals surface area contributed by atoms with Crippen LogP contribution >= 0.6 is 0 Å². The fourth-order valence-corrected chi connectivity index (χ4v) is 2.32. The van der Waals surface area contributed by atoms with Gasteiger partial charge >= 0.3 is 0 Å². The lowest BCUT2D eigenvalue weighted by Crippen LogP contribution is -1.99. The van der Waals surface area contributed by atoms with Crippen LogP contribution in [0.2, 0.25) is 0 Å². The van der Waals surface area contributed by atoms with Crippen LogP contribution in [-0.2, 0) is 6.42 Å². The Hall–Kier alpha value is -1.44. The van der Waals surface area contributed by atoms with Crippen molar-refractivity contribution in [3.63, 3.8) is 0 Å². The molecule has 2 atom stereocenters. The second kappa shape index (κ2) is 8.68. The average molecular weight is 274 g/mol. The summed E-state index contributed by atoms with van der Waals surface area (Å²) in [7, 11) is 0. The third-order valence-corrected chi connectivity index (χ3v) is 3.47. The number of fused-ring (bicyclic) bond motifs is 2. The van der Waals surface area contributed by atoms with Crippen molar-refractivity contribution in [1.82, 2.24) is 9.97 Å². The molecule has 0 unspecified atom stereocenters. The number of nitrogens with zero attached hydrogens (tertiary/aromatic N) is 2. The minimum atomic E-state index is 0. The summed E-state index contributed by atoms with van der Waals surface area (Å²) in [5, 5.41) is 0. The van der Waals surface area contributed by atoms with Crippen LogP contribution in [-0.4, -0.2) is 9.97 Å². The molecule has 1 heterocycles. The molecule has 0 fully saturated rings. The van der Waals surface area contributed by atoms with Crippen LogP contribution in [0.25, 0.3) is 11.0 Å². The topological polar surface area (TPSA) is 25.8 Å². The van der Waals surface area contributed by atoms with Crippen molar-refractivity contribution in [2.75, 3.05) is 0 Å². The van der Waals surface area contributed by atoms with Gasteiger partial charge < -0.3 is 0 Å². The van der Waals surface area contributed by atoms with Gasteiger partial charge in [0.25, 0.3) is 0 Å². The highest BCUT2D eigenvalue weighted by Gasteiger charge is 2.28. The lowest BCUT2D eigenvalue weighted by atomic mass is 9.99. The predicted molar refractivity (Wildman–Crippen MR) is 90.2 cm³/mol. The second-order valence-corrected chi connectivity index (χ2v) is 4.51. The number of hydrogen-bond acceptors (Lipinski definition) is 2. The van der Waals surface area contributed by atoms with E-state index >= 15 is 0 Å². The Morgan fingerprint density at radius 1 is 0.900 bits per heavy atom. The van der Waals surface area contributed by atoms with E-state index in [-0.39, 0.29) is 7.43 Å². The van der Waals surface area contributed by atoms with Crippen LogP contribution in [0.3, 0.4) is 0 Å². The SMILES string of the molecule is C.CC.CC.C[C@@H]1c2nc3ccccc3nc2C[C@@H]1C. The Balaban J connectivity index is 0.000000667. The summed E-state index contributed by atoms with van der Waals surface area (Å²) in [5.41, 5.74) is 4.46. The molecule has 0 spiro atoms. The maximum Gasteiger partial charge on any atom is 0.0890 e. The van der Waals surface area contributed by atoms with Crippen LogP contribution in [0, 0.1) is 5.92 Å². The van der Waals surface area contributed by atoms with E-state index in [1.807, 2.05) is 52.0 Å². The van der Waals surface area contributed by atoms with E-state index in [1.54, 1.807) is 0 Å². The van der Waals surface area contributed by atoms with E-state index in [0.29, 0.717) is 11.8 Å². The number of rotatable bonds is 0. The third kappa shape index (κ3) is 3.56. The fraction of sp³-hybridized carbons (Fsp3) is 0.556. The van der Waals surface area contributed by atoms with E-state index < -0.39 is 0 Å². The molecule has 2 nitrogen and oxygen atoms in total. The van der Waals surface area contributed by atoms with Crippen molar-refractivity contribution in [2.24, 2.45) is 5.92 Å². The second-order valence-electron chi connectivity index (χ2n) is 4.51. The van der Waals surface area contributed by atoms with Crippen molar-refractivity contribution >= 4 is 11.0 Å². The Labute approximate surface area is 124 Å². The van der Waals surface area contributed by atoms with Gasteiger partial charge in [-0.2, -0.15) is 0 Å². The summed E-state index contributed by atoms with van der Waals surface area (Å²) >= 11 is 0. The summed E-state index contributed by atoms with van der Waals surface area (Å²) in [6.45, 7) is 12.5. The van der Waals surface area contributed by atoms with E-state index in [1.165, 1.54) is 11.4 Å². The van der Waals surface area contributed by atoms with Crippen LogP contribution in [0.1, 0.15) is 66.3 Å². The van der Waals surface area contributed by atoms with Gasteiger partial charge in [0, 0.05) is 5.92 Å². The molecule has 1 aliphatic carbocycles. The molecule has 0 aliphatic heterocycles. The molecular formula is C18H30N2. The van der Waals surface area contributed by atoms with Crippen molar-refractivity contribution in [2.45, 2.75) is 61.3 Å². The molecule has 1 aromatic heterocycles. The molecule has 3 rings (SSSR count). The van der Waals surface area contributed by atoms with E-state index in [4.69, 9.17) is 9.97 Å². The first-order chi connectivity index (χ1) is 9.25. The van der Waals surface area contributed by atoms with Gasteiger partial charge in [-0.05, 0) is 24.5 Å². The van der Waals surface area contributed by atoms with Crippen LogP contribution < -0.4 is 0 Å². The van der Waals surface area contributed by atoms with E-state index in [2.05, 4.69) is 13.8 Å². The minimum Gasteiger partial charge on any atom is -0.249 e.